The van der Waals surface area contributed by atoms with E-state index in [-0.39, 0.29) is 23.8 Å². The predicted octanol–water partition coefficient (Wildman–Crippen LogP) is 1.13. The van der Waals surface area contributed by atoms with Crippen LogP contribution >= 0.6 is 0 Å². The summed E-state index contributed by atoms with van der Waals surface area (Å²) in [5, 5.41) is 8.47. The quantitative estimate of drug-likeness (QED) is 0.509. The lowest BCUT2D eigenvalue weighted by Crippen LogP contribution is -2.47. The number of hydrazine groups is 1. The first kappa shape index (κ1) is 13.8. The Balaban J connectivity index is 2.38. The summed E-state index contributed by atoms with van der Waals surface area (Å²) < 4.78 is 5.02. The molecule has 98 valence electrons. The summed E-state index contributed by atoms with van der Waals surface area (Å²) in [5.41, 5.74) is 4.90. The first-order valence-corrected chi connectivity index (χ1v) is 5.95. The molecule has 3 atom stereocenters. The number of amides is 1. The first-order valence-electron chi connectivity index (χ1n) is 5.95. The average Bonchev–Trinajstić information content (AvgIpc) is 2.26. The fourth-order valence-corrected chi connectivity index (χ4v) is 2.29. The Labute approximate surface area is 101 Å². The molecule has 0 aromatic heterocycles. The minimum absolute atomic E-state index is 0.0576. The van der Waals surface area contributed by atoms with E-state index < -0.39 is 6.09 Å². The van der Waals surface area contributed by atoms with Gasteiger partial charge in [-0.1, -0.05) is 6.92 Å². The molecule has 0 heterocycles. The largest absolute Gasteiger partial charge is 0.466 e. The SMILES string of the molecule is CCOC(=O)[C@@H]1CC[C@H](NNC(=O)O)C[C@H]1C. The number of esters is 1. The van der Waals surface area contributed by atoms with Gasteiger partial charge in [-0.25, -0.2) is 10.2 Å². The Morgan fingerprint density at radius 3 is 2.65 bits per heavy atom. The monoisotopic (exact) mass is 244 g/mol. The van der Waals surface area contributed by atoms with Crippen molar-refractivity contribution < 1.29 is 19.4 Å². The number of carbonyl (C=O) groups is 2. The molecule has 6 nitrogen and oxygen atoms in total. The zero-order chi connectivity index (χ0) is 12.8. The van der Waals surface area contributed by atoms with Gasteiger partial charge < -0.3 is 9.84 Å². The maximum Gasteiger partial charge on any atom is 0.419 e. The molecule has 17 heavy (non-hydrogen) atoms. The Hall–Kier alpha value is -1.30. The smallest absolute Gasteiger partial charge is 0.419 e. The van der Waals surface area contributed by atoms with E-state index in [1.807, 2.05) is 6.92 Å². The van der Waals surface area contributed by atoms with Gasteiger partial charge in [0.15, 0.2) is 0 Å². The topological polar surface area (TPSA) is 87.7 Å². The fourth-order valence-electron chi connectivity index (χ4n) is 2.29. The van der Waals surface area contributed by atoms with Gasteiger partial charge >= 0.3 is 12.1 Å². The normalized spacial score (nSPS) is 28.5. The minimum Gasteiger partial charge on any atom is -0.466 e. The zero-order valence-corrected chi connectivity index (χ0v) is 10.2. The Morgan fingerprint density at radius 1 is 1.41 bits per heavy atom. The van der Waals surface area contributed by atoms with Crippen LogP contribution in [0, 0.1) is 11.8 Å². The summed E-state index contributed by atoms with van der Waals surface area (Å²) >= 11 is 0. The lowest BCUT2D eigenvalue weighted by atomic mass is 9.78. The van der Waals surface area contributed by atoms with Crippen molar-refractivity contribution in [3.8, 4) is 0 Å². The van der Waals surface area contributed by atoms with Gasteiger partial charge in [0, 0.05) is 6.04 Å². The molecule has 1 aliphatic rings. The van der Waals surface area contributed by atoms with Crippen LogP contribution in [0.3, 0.4) is 0 Å². The van der Waals surface area contributed by atoms with Crippen LogP contribution in [0.1, 0.15) is 33.1 Å². The molecule has 0 bridgehead atoms. The molecule has 0 aromatic rings. The molecule has 0 aromatic carbocycles. The van der Waals surface area contributed by atoms with Crippen molar-refractivity contribution in [2.24, 2.45) is 11.8 Å². The van der Waals surface area contributed by atoms with Gasteiger partial charge in [0.25, 0.3) is 0 Å². The number of nitrogens with one attached hydrogen (secondary N) is 2. The van der Waals surface area contributed by atoms with Crippen molar-refractivity contribution in [1.82, 2.24) is 10.9 Å². The third kappa shape index (κ3) is 4.22. The maximum absolute atomic E-state index is 11.6. The lowest BCUT2D eigenvalue weighted by molar-refractivity contribution is -0.151. The number of rotatable bonds is 4. The van der Waals surface area contributed by atoms with Crippen LogP contribution < -0.4 is 10.9 Å². The lowest BCUT2D eigenvalue weighted by Gasteiger charge is -2.32. The van der Waals surface area contributed by atoms with E-state index in [9.17, 15) is 9.59 Å². The van der Waals surface area contributed by atoms with Crippen molar-refractivity contribution in [2.75, 3.05) is 6.61 Å². The van der Waals surface area contributed by atoms with Gasteiger partial charge in [0.05, 0.1) is 12.5 Å². The number of hydrogen-bond acceptors (Lipinski definition) is 4. The van der Waals surface area contributed by atoms with Crippen LogP contribution in [-0.2, 0) is 9.53 Å². The highest BCUT2D eigenvalue weighted by atomic mass is 16.5. The molecule has 3 N–H and O–H groups in total. The molecule has 1 amide bonds. The molecule has 0 radical (unpaired) electrons. The summed E-state index contributed by atoms with van der Waals surface area (Å²) in [6.07, 6.45) is 1.18. The second kappa shape index (κ2) is 6.44. The second-order valence-electron chi connectivity index (χ2n) is 4.42. The third-order valence-electron chi connectivity index (χ3n) is 3.14. The fraction of sp³-hybridized carbons (Fsp3) is 0.818. The standard InChI is InChI=1S/C11H20N2O4/c1-3-17-10(14)9-5-4-8(6-7(9)2)12-13-11(15)16/h7-9,12-13H,3-6H2,1-2H3,(H,15,16)/t7-,8+,9-/m1/s1. The number of carbonyl (C=O) groups excluding carboxylic acids is 1. The molecule has 0 saturated heterocycles. The number of ether oxygens (including phenoxy) is 1. The molecule has 6 heteroatoms. The van der Waals surface area contributed by atoms with Gasteiger partial charge in [-0.2, -0.15) is 0 Å². The highest BCUT2D eigenvalue weighted by Gasteiger charge is 2.33. The van der Waals surface area contributed by atoms with Crippen LogP contribution in [-0.4, -0.2) is 29.8 Å². The van der Waals surface area contributed by atoms with Crippen molar-refractivity contribution >= 4 is 12.1 Å². The summed E-state index contributed by atoms with van der Waals surface area (Å²) in [4.78, 5) is 22.0. The van der Waals surface area contributed by atoms with E-state index in [1.54, 1.807) is 6.92 Å². The molecule has 0 unspecified atom stereocenters. The van der Waals surface area contributed by atoms with Crippen molar-refractivity contribution in [1.29, 1.82) is 0 Å². The van der Waals surface area contributed by atoms with Gasteiger partial charge in [-0.05, 0) is 32.1 Å². The van der Waals surface area contributed by atoms with Gasteiger partial charge in [-0.15, -0.1) is 0 Å². The molecular formula is C11H20N2O4. The van der Waals surface area contributed by atoms with E-state index in [1.165, 1.54) is 0 Å². The van der Waals surface area contributed by atoms with Gasteiger partial charge in [-0.3, -0.25) is 10.2 Å². The van der Waals surface area contributed by atoms with E-state index in [0.717, 1.165) is 19.3 Å². The minimum atomic E-state index is -1.09. The Bertz CT molecular complexity index is 283. The zero-order valence-electron chi connectivity index (χ0n) is 10.2. The molecule has 0 spiro atoms. The number of carboxylic acid groups (broad SMARTS) is 1. The van der Waals surface area contributed by atoms with E-state index >= 15 is 0 Å². The first-order chi connectivity index (χ1) is 8.04. The number of hydrogen-bond donors (Lipinski definition) is 3. The second-order valence-corrected chi connectivity index (χ2v) is 4.42. The van der Waals surface area contributed by atoms with E-state index in [0.29, 0.717) is 6.61 Å². The Kier molecular flexibility index (Phi) is 5.21. The van der Waals surface area contributed by atoms with Crippen LogP contribution in [0.2, 0.25) is 0 Å². The summed E-state index contributed by atoms with van der Waals surface area (Å²) in [6, 6.07) is 0.0896. The summed E-state index contributed by atoms with van der Waals surface area (Å²) in [6.45, 7) is 4.20. The average molecular weight is 244 g/mol. The maximum atomic E-state index is 11.6. The van der Waals surface area contributed by atoms with Crippen LogP contribution in [0.25, 0.3) is 0 Å². The highest BCUT2D eigenvalue weighted by Crippen LogP contribution is 2.30. The van der Waals surface area contributed by atoms with Crippen LogP contribution in [0.5, 0.6) is 0 Å². The van der Waals surface area contributed by atoms with Crippen molar-refractivity contribution in [3.05, 3.63) is 0 Å². The Morgan fingerprint density at radius 2 is 2.12 bits per heavy atom. The van der Waals surface area contributed by atoms with Crippen molar-refractivity contribution in [2.45, 2.75) is 39.2 Å². The van der Waals surface area contributed by atoms with E-state index in [2.05, 4.69) is 10.9 Å². The third-order valence-corrected chi connectivity index (χ3v) is 3.14. The van der Waals surface area contributed by atoms with Crippen molar-refractivity contribution in [3.63, 3.8) is 0 Å². The summed E-state index contributed by atoms with van der Waals surface area (Å²) in [5.74, 6) is 0.0124. The molecule has 1 saturated carbocycles. The highest BCUT2D eigenvalue weighted by molar-refractivity contribution is 5.72. The molecule has 0 aliphatic heterocycles. The van der Waals surface area contributed by atoms with Crippen LogP contribution in [0.15, 0.2) is 0 Å². The molecule has 1 aliphatic carbocycles. The van der Waals surface area contributed by atoms with Gasteiger partial charge in [0.2, 0.25) is 0 Å². The molecule has 1 fully saturated rings. The molecule has 1 rings (SSSR count). The van der Waals surface area contributed by atoms with Crippen LogP contribution in [0.4, 0.5) is 4.79 Å². The summed E-state index contributed by atoms with van der Waals surface area (Å²) in [7, 11) is 0. The van der Waals surface area contributed by atoms with E-state index in [4.69, 9.17) is 9.84 Å². The molecular weight excluding hydrogens is 224 g/mol. The predicted molar refractivity (Wildman–Crippen MR) is 61.2 cm³/mol. The van der Waals surface area contributed by atoms with Gasteiger partial charge in [0.1, 0.15) is 0 Å².